The van der Waals surface area contributed by atoms with Gasteiger partial charge in [-0.2, -0.15) is 0 Å². The van der Waals surface area contributed by atoms with Crippen molar-refractivity contribution in [1.29, 1.82) is 0 Å². The number of fused-ring (bicyclic) bond motifs is 1. The molecule has 4 heteroatoms. The minimum atomic E-state index is -0.496. The number of hydrogen-bond acceptors (Lipinski definition) is 3. The SMILES string of the molecule is O=C1Oc2ccc(O)cc2C1c1ccc(Cl)cc1. The first-order valence-electron chi connectivity index (χ1n) is 5.45. The standard InChI is InChI=1S/C14H9ClO3/c15-9-3-1-8(2-4-9)13-11-7-10(16)5-6-12(11)18-14(13)17/h1-7,13,16H. The zero-order chi connectivity index (χ0) is 12.7. The molecule has 1 N–H and O–H groups in total. The van der Waals surface area contributed by atoms with Crippen LogP contribution in [0.2, 0.25) is 5.02 Å². The van der Waals surface area contributed by atoms with Crippen molar-refractivity contribution in [2.24, 2.45) is 0 Å². The van der Waals surface area contributed by atoms with Crippen molar-refractivity contribution >= 4 is 17.6 Å². The second-order valence-electron chi connectivity index (χ2n) is 4.13. The van der Waals surface area contributed by atoms with E-state index in [-0.39, 0.29) is 11.7 Å². The van der Waals surface area contributed by atoms with Crippen LogP contribution in [0.5, 0.6) is 11.5 Å². The third kappa shape index (κ3) is 1.73. The molecule has 2 aromatic rings. The summed E-state index contributed by atoms with van der Waals surface area (Å²) in [5.74, 6) is -0.217. The van der Waals surface area contributed by atoms with Crippen molar-refractivity contribution < 1.29 is 14.6 Å². The van der Waals surface area contributed by atoms with Crippen molar-refractivity contribution in [2.45, 2.75) is 5.92 Å². The van der Waals surface area contributed by atoms with Crippen LogP contribution < -0.4 is 4.74 Å². The van der Waals surface area contributed by atoms with E-state index in [1.54, 1.807) is 36.4 Å². The lowest BCUT2D eigenvalue weighted by molar-refractivity contribution is -0.133. The first-order valence-corrected chi connectivity index (χ1v) is 5.83. The molecule has 3 nitrogen and oxygen atoms in total. The molecule has 0 saturated heterocycles. The molecule has 0 bridgehead atoms. The summed E-state index contributed by atoms with van der Waals surface area (Å²) in [6, 6.07) is 11.7. The first kappa shape index (κ1) is 11.1. The zero-order valence-electron chi connectivity index (χ0n) is 9.26. The first-order chi connectivity index (χ1) is 8.65. The van der Waals surface area contributed by atoms with E-state index in [1.807, 2.05) is 0 Å². The average molecular weight is 261 g/mol. The van der Waals surface area contributed by atoms with Crippen LogP contribution in [0, 0.1) is 0 Å². The van der Waals surface area contributed by atoms with Crippen LogP contribution in [0.25, 0.3) is 0 Å². The van der Waals surface area contributed by atoms with Crippen LogP contribution in [-0.2, 0) is 4.79 Å². The Morgan fingerprint density at radius 3 is 2.56 bits per heavy atom. The van der Waals surface area contributed by atoms with Gasteiger partial charge in [-0.15, -0.1) is 0 Å². The van der Waals surface area contributed by atoms with Gasteiger partial charge in [-0.05, 0) is 35.9 Å². The second kappa shape index (κ2) is 4.03. The van der Waals surface area contributed by atoms with Gasteiger partial charge in [0.1, 0.15) is 17.4 Å². The quantitative estimate of drug-likeness (QED) is 0.633. The molecule has 0 spiro atoms. The molecule has 2 aromatic carbocycles. The van der Waals surface area contributed by atoms with Gasteiger partial charge in [-0.25, -0.2) is 0 Å². The van der Waals surface area contributed by atoms with Gasteiger partial charge >= 0.3 is 5.97 Å². The summed E-state index contributed by atoms with van der Waals surface area (Å²) in [6.07, 6.45) is 0. The van der Waals surface area contributed by atoms with E-state index in [9.17, 15) is 9.90 Å². The number of carbonyl (C=O) groups excluding carboxylic acids is 1. The summed E-state index contributed by atoms with van der Waals surface area (Å²) in [7, 11) is 0. The Bertz CT molecular complexity index is 619. The zero-order valence-corrected chi connectivity index (χ0v) is 10.0. The maximum atomic E-state index is 11.9. The molecule has 0 amide bonds. The fourth-order valence-electron chi connectivity index (χ4n) is 2.12. The molecule has 0 aliphatic carbocycles. The molecule has 3 rings (SSSR count). The maximum absolute atomic E-state index is 11.9. The normalized spacial score (nSPS) is 17.4. The van der Waals surface area contributed by atoms with Crippen molar-refractivity contribution in [2.75, 3.05) is 0 Å². The molecule has 0 aromatic heterocycles. The van der Waals surface area contributed by atoms with Crippen molar-refractivity contribution in [1.82, 2.24) is 0 Å². The molecule has 0 saturated carbocycles. The molecular formula is C14H9ClO3. The summed E-state index contributed by atoms with van der Waals surface area (Å²) in [5.41, 5.74) is 1.48. The van der Waals surface area contributed by atoms with Gasteiger partial charge in [0.25, 0.3) is 0 Å². The van der Waals surface area contributed by atoms with Crippen LogP contribution in [-0.4, -0.2) is 11.1 Å². The number of esters is 1. The third-order valence-corrected chi connectivity index (χ3v) is 3.21. The van der Waals surface area contributed by atoms with E-state index in [4.69, 9.17) is 16.3 Å². The number of halogens is 1. The smallest absolute Gasteiger partial charge is 0.323 e. The van der Waals surface area contributed by atoms with Crippen molar-refractivity contribution in [3.63, 3.8) is 0 Å². The van der Waals surface area contributed by atoms with Crippen LogP contribution in [0.15, 0.2) is 42.5 Å². The van der Waals surface area contributed by atoms with E-state index in [2.05, 4.69) is 0 Å². The minimum absolute atomic E-state index is 0.117. The number of ether oxygens (including phenoxy) is 1. The largest absolute Gasteiger partial charge is 0.508 e. The molecule has 0 fully saturated rings. The molecule has 1 unspecified atom stereocenters. The minimum Gasteiger partial charge on any atom is -0.508 e. The Morgan fingerprint density at radius 2 is 1.83 bits per heavy atom. The lowest BCUT2D eigenvalue weighted by Crippen LogP contribution is -2.11. The number of rotatable bonds is 1. The average Bonchev–Trinajstić information content (AvgIpc) is 2.66. The second-order valence-corrected chi connectivity index (χ2v) is 4.56. The van der Waals surface area contributed by atoms with Crippen LogP contribution in [0.3, 0.4) is 0 Å². The van der Waals surface area contributed by atoms with E-state index in [1.165, 1.54) is 6.07 Å². The van der Waals surface area contributed by atoms with Crippen molar-refractivity contribution in [3.05, 3.63) is 58.6 Å². The van der Waals surface area contributed by atoms with Gasteiger partial charge in [-0.1, -0.05) is 23.7 Å². The molecule has 90 valence electrons. The Kier molecular flexibility index (Phi) is 2.49. The van der Waals surface area contributed by atoms with Gasteiger partial charge in [0, 0.05) is 10.6 Å². The fourth-order valence-corrected chi connectivity index (χ4v) is 2.25. The predicted octanol–water partition coefficient (Wildman–Crippen LogP) is 3.10. The van der Waals surface area contributed by atoms with Gasteiger partial charge in [0.2, 0.25) is 0 Å². The van der Waals surface area contributed by atoms with E-state index >= 15 is 0 Å². The lowest BCUT2D eigenvalue weighted by atomic mass is 9.92. The number of hydrogen-bond donors (Lipinski definition) is 1. The van der Waals surface area contributed by atoms with Crippen molar-refractivity contribution in [3.8, 4) is 11.5 Å². The summed E-state index contributed by atoms with van der Waals surface area (Å²) in [4.78, 5) is 11.9. The van der Waals surface area contributed by atoms with Crippen LogP contribution in [0.4, 0.5) is 0 Å². The number of phenols is 1. The van der Waals surface area contributed by atoms with E-state index in [0.29, 0.717) is 16.3 Å². The number of aromatic hydroxyl groups is 1. The van der Waals surface area contributed by atoms with Gasteiger partial charge < -0.3 is 9.84 Å². The molecule has 0 radical (unpaired) electrons. The summed E-state index contributed by atoms with van der Waals surface area (Å²) in [5, 5.41) is 10.1. The van der Waals surface area contributed by atoms with Gasteiger partial charge in [-0.3, -0.25) is 4.79 Å². The summed E-state index contributed by atoms with van der Waals surface area (Å²) in [6.45, 7) is 0. The molecule has 1 aliphatic heterocycles. The Balaban J connectivity index is 2.11. The molecular weight excluding hydrogens is 252 g/mol. The van der Waals surface area contributed by atoms with Crippen LogP contribution in [0.1, 0.15) is 17.0 Å². The highest BCUT2D eigenvalue weighted by Gasteiger charge is 2.34. The Morgan fingerprint density at radius 1 is 1.11 bits per heavy atom. The van der Waals surface area contributed by atoms with Gasteiger partial charge in [0.15, 0.2) is 0 Å². The Labute approximate surface area is 109 Å². The molecule has 1 heterocycles. The fraction of sp³-hybridized carbons (Fsp3) is 0.0714. The summed E-state index contributed by atoms with van der Waals surface area (Å²) < 4.78 is 5.18. The van der Waals surface area contributed by atoms with E-state index < -0.39 is 5.92 Å². The number of benzene rings is 2. The predicted molar refractivity (Wildman–Crippen MR) is 67.0 cm³/mol. The topological polar surface area (TPSA) is 46.5 Å². The maximum Gasteiger partial charge on any atom is 0.323 e. The summed E-state index contributed by atoms with van der Waals surface area (Å²) >= 11 is 5.82. The lowest BCUT2D eigenvalue weighted by Gasteiger charge is -2.07. The monoisotopic (exact) mass is 260 g/mol. The number of carbonyl (C=O) groups is 1. The highest BCUT2D eigenvalue weighted by Crippen LogP contribution is 2.40. The third-order valence-electron chi connectivity index (χ3n) is 2.95. The Hall–Kier alpha value is -2.00. The molecule has 1 atom stereocenters. The van der Waals surface area contributed by atoms with E-state index in [0.717, 1.165) is 5.56 Å². The highest BCUT2D eigenvalue weighted by molar-refractivity contribution is 6.30. The number of phenolic OH excluding ortho intramolecular Hbond substituents is 1. The highest BCUT2D eigenvalue weighted by atomic mass is 35.5. The molecule has 1 aliphatic rings. The molecule has 18 heavy (non-hydrogen) atoms. The van der Waals surface area contributed by atoms with Gasteiger partial charge in [0.05, 0.1) is 0 Å². The van der Waals surface area contributed by atoms with Crippen LogP contribution >= 0.6 is 11.6 Å².